The summed E-state index contributed by atoms with van der Waals surface area (Å²) in [7, 11) is 0. The van der Waals surface area contributed by atoms with E-state index in [9.17, 15) is 9.90 Å². The third kappa shape index (κ3) is 3.72. The highest BCUT2D eigenvalue weighted by Gasteiger charge is 2.24. The standard InChI is InChI=1S/C12H14BrNO2S/c13-9-2-1-3-11(6-9)17-8-12(16)14-5-4-10(15)7-14/h1-3,6,10,15H,4-5,7-8H2/t10-/m1/s1. The van der Waals surface area contributed by atoms with Gasteiger partial charge in [0.25, 0.3) is 0 Å². The van der Waals surface area contributed by atoms with Crippen molar-refractivity contribution in [3.8, 4) is 0 Å². The van der Waals surface area contributed by atoms with E-state index in [0.717, 1.165) is 9.37 Å². The van der Waals surface area contributed by atoms with Gasteiger partial charge in [-0.2, -0.15) is 0 Å². The molecule has 1 amide bonds. The van der Waals surface area contributed by atoms with E-state index in [1.807, 2.05) is 24.3 Å². The molecule has 1 aromatic rings. The number of carbonyl (C=O) groups is 1. The predicted molar refractivity (Wildman–Crippen MR) is 72.1 cm³/mol. The summed E-state index contributed by atoms with van der Waals surface area (Å²) in [5.74, 6) is 0.537. The van der Waals surface area contributed by atoms with Crippen LogP contribution in [0.15, 0.2) is 33.6 Å². The summed E-state index contributed by atoms with van der Waals surface area (Å²) in [6.07, 6.45) is 0.364. The first-order valence-corrected chi connectivity index (χ1v) is 7.27. The Morgan fingerprint density at radius 1 is 1.59 bits per heavy atom. The van der Waals surface area contributed by atoms with E-state index < -0.39 is 0 Å². The molecule has 0 radical (unpaired) electrons. The lowest BCUT2D eigenvalue weighted by molar-refractivity contribution is -0.127. The monoisotopic (exact) mass is 315 g/mol. The summed E-state index contributed by atoms with van der Waals surface area (Å²) in [5.41, 5.74) is 0. The average Bonchev–Trinajstić information content (AvgIpc) is 2.73. The molecule has 1 aliphatic heterocycles. The van der Waals surface area contributed by atoms with Crippen molar-refractivity contribution in [2.45, 2.75) is 17.4 Å². The Morgan fingerprint density at radius 2 is 2.41 bits per heavy atom. The maximum absolute atomic E-state index is 11.8. The van der Waals surface area contributed by atoms with Crippen molar-refractivity contribution in [3.05, 3.63) is 28.7 Å². The molecule has 1 atom stereocenters. The van der Waals surface area contributed by atoms with Crippen LogP contribution in [0.4, 0.5) is 0 Å². The van der Waals surface area contributed by atoms with Gasteiger partial charge >= 0.3 is 0 Å². The maximum Gasteiger partial charge on any atom is 0.233 e. The van der Waals surface area contributed by atoms with Gasteiger partial charge in [0.15, 0.2) is 0 Å². The summed E-state index contributed by atoms with van der Waals surface area (Å²) in [4.78, 5) is 14.6. The molecule has 0 bridgehead atoms. The Morgan fingerprint density at radius 3 is 3.06 bits per heavy atom. The highest BCUT2D eigenvalue weighted by molar-refractivity contribution is 9.10. The number of thioether (sulfide) groups is 1. The smallest absolute Gasteiger partial charge is 0.233 e. The van der Waals surface area contributed by atoms with Gasteiger partial charge in [-0.25, -0.2) is 0 Å². The van der Waals surface area contributed by atoms with Gasteiger partial charge in [0, 0.05) is 22.5 Å². The number of hydrogen-bond donors (Lipinski definition) is 1. The molecule has 0 unspecified atom stereocenters. The highest BCUT2D eigenvalue weighted by atomic mass is 79.9. The Labute approximate surface area is 113 Å². The number of likely N-dealkylation sites (tertiary alicyclic amines) is 1. The number of amides is 1. The molecule has 5 heteroatoms. The Kier molecular flexibility index (Phi) is 4.48. The van der Waals surface area contributed by atoms with Crippen LogP contribution in [0.25, 0.3) is 0 Å². The normalized spacial score (nSPS) is 19.6. The third-order valence-corrected chi connectivity index (χ3v) is 4.15. The van der Waals surface area contributed by atoms with Crippen LogP contribution in [0.1, 0.15) is 6.42 Å². The van der Waals surface area contributed by atoms with E-state index in [1.165, 1.54) is 11.8 Å². The van der Waals surface area contributed by atoms with Crippen LogP contribution in [0.5, 0.6) is 0 Å². The second-order valence-corrected chi connectivity index (χ2v) is 5.99. The minimum atomic E-state index is -0.338. The van der Waals surface area contributed by atoms with E-state index in [-0.39, 0.29) is 12.0 Å². The van der Waals surface area contributed by atoms with Crippen LogP contribution in [0, 0.1) is 0 Å². The molecule has 1 N–H and O–H groups in total. The Bertz CT molecular complexity index is 413. The molecule has 0 saturated carbocycles. The van der Waals surface area contributed by atoms with Crippen molar-refractivity contribution in [3.63, 3.8) is 0 Å². The maximum atomic E-state index is 11.8. The van der Waals surface area contributed by atoms with Crippen molar-refractivity contribution in [1.82, 2.24) is 4.90 Å². The number of nitrogens with zero attached hydrogens (tertiary/aromatic N) is 1. The second-order valence-electron chi connectivity index (χ2n) is 4.03. The topological polar surface area (TPSA) is 40.5 Å². The molecule has 1 fully saturated rings. The molecule has 1 aliphatic rings. The molecule has 92 valence electrons. The number of rotatable bonds is 3. The van der Waals surface area contributed by atoms with Gasteiger partial charge < -0.3 is 10.0 Å². The van der Waals surface area contributed by atoms with E-state index in [0.29, 0.717) is 25.3 Å². The van der Waals surface area contributed by atoms with E-state index in [1.54, 1.807) is 4.90 Å². The van der Waals surface area contributed by atoms with E-state index in [4.69, 9.17) is 0 Å². The third-order valence-electron chi connectivity index (χ3n) is 2.67. The summed E-state index contributed by atoms with van der Waals surface area (Å²) < 4.78 is 1.02. The van der Waals surface area contributed by atoms with Gasteiger partial charge in [0.05, 0.1) is 11.9 Å². The number of β-amino-alcohol motifs (C(OH)–C–C–N with tert-alkyl or cyclic N) is 1. The number of hydrogen-bond acceptors (Lipinski definition) is 3. The van der Waals surface area contributed by atoms with Crippen LogP contribution in [0.3, 0.4) is 0 Å². The van der Waals surface area contributed by atoms with Gasteiger partial charge in [-0.05, 0) is 24.6 Å². The van der Waals surface area contributed by atoms with Gasteiger partial charge in [-0.3, -0.25) is 4.79 Å². The van der Waals surface area contributed by atoms with E-state index in [2.05, 4.69) is 15.9 Å². The van der Waals surface area contributed by atoms with E-state index >= 15 is 0 Å². The minimum absolute atomic E-state index is 0.103. The van der Waals surface area contributed by atoms with Crippen molar-refractivity contribution >= 4 is 33.6 Å². The van der Waals surface area contributed by atoms with Gasteiger partial charge in [0.2, 0.25) is 5.91 Å². The molecule has 0 spiro atoms. The summed E-state index contributed by atoms with van der Waals surface area (Å²) >= 11 is 4.93. The molecule has 17 heavy (non-hydrogen) atoms. The first-order chi connectivity index (χ1) is 8.15. The first-order valence-electron chi connectivity index (χ1n) is 5.49. The fraction of sp³-hybridized carbons (Fsp3) is 0.417. The largest absolute Gasteiger partial charge is 0.391 e. The quantitative estimate of drug-likeness (QED) is 0.869. The zero-order valence-corrected chi connectivity index (χ0v) is 11.7. The van der Waals surface area contributed by atoms with Crippen LogP contribution in [0.2, 0.25) is 0 Å². The molecule has 1 aromatic carbocycles. The van der Waals surface area contributed by atoms with Crippen molar-refractivity contribution in [2.75, 3.05) is 18.8 Å². The zero-order chi connectivity index (χ0) is 12.3. The zero-order valence-electron chi connectivity index (χ0n) is 9.30. The minimum Gasteiger partial charge on any atom is -0.391 e. The summed E-state index contributed by atoms with van der Waals surface area (Å²) in [5, 5.41) is 9.36. The van der Waals surface area contributed by atoms with Crippen molar-refractivity contribution in [2.24, 2.45) is 0 Å². The fourth-order valence-corrected chi connectivity index (χ4v) is 3.17. The van der Waals surface area contributed by atoms with Crippen molar-refractivity contribution in [1.29, 1.82) is 0 Å². The van der Waals surface area contributed by atoms with Crippen LogP contribution in [-0.2, 0) is 4.79 Å². The summed E-state index contributed by atoms with van der Waals surface area (Å²) in [6, 6.07) is 7.90. The lowest BCUT2D eigenvalue weighted by Crippen LogP contribution is -2.30. The molecular formula is C12H14BrNO2S. The molecular weight excluding hydrogens is 302 g/mol. The molecule has 3 nitrogen and oxygen atoms in total. The summed E-state index contributed by atoms with van der Waals surface area (Å²) in [6.45, 7) is 1.16. The van der Waals surface area contributed by atoms with Crippen LogP contribution in [-0.4, -0.2) is 40.9 Å². The number of benzene rings is 1. The first kappa shape index (κ1) is 12.9. The molecule has 0 aromatic heterocycles. The molecule has 1 heterocycles. The van der Waals surface area contributed by atoms with Crippen molar-refractivity contribution < 1.29 is 9.90 Å². The number of halogens is 1. The molecule has 2 rings (SSSR count). The van der Waals surface area contributed by atoms with Gasteiger partial charge in [-0.15, -0.1) is 11.8 Å². The number of carbonyl (C=O) groups excluding carboxylic acids is 1. The lowest BCUT2D eigenvalue weighted by atomic mass is 10.3. The molecule has 0 aliphatic carbocycles. The Hall–Kier alpha value is -0.520. The predicted octanol–water partition coefficient (Wildman–Crippen LogP) is 2.13. The van der Waals surface area contributed by atoms with Crippen LogP contribution >= 0.6 is 27.7 Å². The van der Waals surface area contributed by atoms with Gasteiger partial charge in [0.1, 0.15) is 0 Å². The highest BCUT2D eigenvalue weighted by Crippen LogP contribution is 2.22. The average molecular weight is 316 g/mol. The lowest BCUT2D eigenvalue weighted by Gasteiger charge is -2.14. The SMILES string of the molecule is O=C(CSc1cccc(Br)c1)N1CC[C@@H](O)C1. The van der Waals surface area contributed by atoms with Crippen LogP contribution < -0.4 is 0 Å². The fourth-order valence-electron chi connectivity index (χ4n) is 1.76. The number of aliphatic hydroxyl groups excluding tert-OH is 1. The Balaban J connectivity index is 1.84. The molecule has 1 saturated heterocycles. The number of aliphatic hydroxyl groups is 1. The second kappa shape index (κ2) is 5.89. The van der Waals surface area contributed by atoms with Gasteiger partial charge in [-0.1, -0.05) is 22.0 Å².